The zero-order chi connectivity index (χ0) is 11.3. The number of hydrogen-bond donors (Lipinski definition) is 0. The van der Waals surface area contributed by atoms with E-state index in [2.05, 4.69) is 43.9 Å². The Morgan fingerprint density at radius 3 is 2.62 bits per heavy atom. The Bertz CT molecular complexity index is 415. The van der Waals surface area contributed by atoms with Gasteiger partial charge in [-0.1, -0.05) is 23.8 Å². The fourth-order valence-electron chi connectivity index (χ4n) is 3.01. The van der Waals surface area contributed by atoms with E-state index < -0.39 is 0 Å². The minimum Gasteiger partial charge on any atom is -0.296 e. The lowest BCUT2D eigenvalue weighted by Gasteiger charge is -2.37. The molecule has 0 radical (unpaired) electrons. The molecule has 0 saturated heterocycles. The molecule has 1 aliphatic heterocycles. The SMILES string of the molecule is Cc1ccc2c(c1)C1(CC1)CN(C(C)C)C2. The van der Waals surface area contributed by atoms with Crippen molar-refractivity contribution in [1.82, 2.24) is 4.90 Å². The van der Waals surface area contributed by atoms with Gasteiger partial charge >= 0.3 is 0 Å². The maximum Gasteiger partial charge on any atom is 0.0239 e. The van der Waals surface area contributed by atoms with E-state index in [0.29, 0.717) is 11.5 Å². The van der Waals surface area contributed by atoms with Gasteiger partial charge in [0.25, 0.3) is 0 Å². The first-order valence-electron chi connectivity index (χ1n) is 6.45. The Morgan fingerprint density at radius 1 is 1.25 bits per heavy atom. The third kappa shape index (κ3) is 1.49. The maximum absolute atomic E-state index is 2.63. The van der Waals surface area contributed by atoms with Crippen LogP contribution in [0.3, 0.4) is 0 Å². The van der Waals surface area contributed by atoms with Gasteiger partial charge in [-0.3, -0.25) is 4.90 Å². The summed E-state index contributed by atoms with van der Waals surface area (Å²) in [6.45, 7) is 9.27. The molecule has 16 heavy (non-hydrogen) atoms. The van der Waals surface area contributed by atoms with E-state index in [4.69, 9.17) is 0 Å². The quantitative estimate of drug-likeness (QED) is 0.695. The fourth-order valence-corrected chi connectivity index (χ4v) is 3.01. The van der Waals surface area contributed by atoms with Crippen LogP contribution in [0.25, 0.3) is 0 Å². The Labute approximate surface area is 98.5 Å². The third-order valence-corrected chi connectivity index (χ3v) is 4.30. The summed E-state index contributed by atoms with van der Waals surface area (Å²) >= 11 is 0. The van der Waals surface area contributed by atoms with E-state index in [1.165, 1.54) is 24.9 Å². The molecular weight excluding hydrogens is 194 g/mol. The lowest BCUT2D eigenvalue weighted by Crippen LogP contribution is -2.41. The second-order valence-electron chi connectivity index (χ2n) is 5.94. The molecule has 0 N–H and O–H groups in total. The summed E-state index contributed by atoms with van der Waals surface area (Å²) in [6, 6.07) is 7.71. The first kappa shape index (κ1) is 10.3. The molecule has 2 aliphatic rings. The van der Waals surface area contributed by atoms with Crippen molar-refractivity contribution in [3.05, 3.63) is 34.9 Å². The number of fused-ring (bicyclic) bond motifs is 2. The van der Waals surface area contributed by atoms with Crippen molar-refractivity contribution in [1.29, 1.82) is 0 Å². The molecule has 0 amide bonds. The number of rotatable bonds is 1. The zero-order valence-corrected chi connectivity index (χ0v) is 10.6. The van der Waals surface area contributed by atoms with E-state index in [9.17, 15) is 0 Å². The van der Waals surface area contributed by atoms with Crippen molar-refractivity contribution in [3.63, 3.8) is 0 Å². The lowest BCUT2D eigenvalue weighted by molar-refractivity contribution is 0.176. The molecule has 1 aliphatic carbocycles. The van der Waals surface area contributed by atoms with Crippen LogP contribution >= 0.6 is 0 Å². The standard InChI is InChI=1S/C15H21N/c1-11(2)16-9-13-5-4-12(3)8-14(13)15(10-16)6-7-15/h4-5,8,11H,6-7,9-10H2,1-3H3. The van der Waals surface area contributed by atoms with Crippen molar-refractivity contribution >= 4 is 0 Å². The van der Waals surface area contributed by atoms with Crippen LogP contribution in [0, 0.1) is 6.92 Å². The molecule has 1 spiro atoms. The van der Waals surface area contributed by atoms with Gasteiger partial charge in [0, 0.05) is 24.5 Å². The molecule has 1 nitrogen and oxygen atoms in total. The second kappa shape index (κ2) is 3.33. The summed E-state index contributed by atoms with van der Waals surface area (Å²) in [5.74, 6) is 0. The molecule has 1 heterocycles. The molecule has 1 aromatic rings. The van der Waals surface area contributed by atoms with Crippen molar-refractivity contribution < 1.29 is 0 Å². The Kier molecular flexibility index (Phi) is 2.16. The van der Waals surface area contributed by atoms with Crippen LogP contribution in [-0.4, -0.2) is 17.5 Å². The summed E-state index contributed by atoms with van der Waals surface area (Å²) in [6.07, 6.45) is 2.79. The Balaban J connectivity index is 2.03. The van der Waals surface area contributed by atoms with Gasteiger partial charge in [-0.15, -0.1) is 0 Å². The van der Waals surface area contributed by atoms with Gasteiger partial charge in [0.1, 0.15) is 0 Å². The summed E-state index contributed by atoms with van der Waals surface area (Å²) in [7, 11) is 0. The molecule has 0 bridgehead atoms. The predicted octanol–water partition coefficient (Wildman–Crippen LogP) is 3.25. The van der Waals surface area contributed by atoms with Gasteiger partial charge in [0.2, 0.25) is 0 Å². The Morgan fingerprint density at radius 2 is 2.00 bits per heavy atom. The van der Waals surface area contributed by atoms with Gasteiger partial charge in [0.05, 0.1) is 0 Å². The van der Waals surface area contributed by atoms with Crippen LogP contribution in [0.1, 0.15) is 43.4 Å². The molecule has 3 rings (SSSR count). The predicted molar refractivity (Wildman–Crippen MR) is 67.6 cm³/mol. The summed E-state index contributed by atoms with van der Waals surface area (Å²) in [5.41, 5.74) is 5.18. The smallest absolute Gasteiger partial charge is 0.0239 e. The number of hydrogen-bond acceptors (Lipinski definition) is 1. The zero-order valence-electron chi connectivity index (χ0n) is 10.6. The van der Waals surface area contributed by atoms with Gasteiger partial charge in [-0.05, 0) is 44.7 Å². The minimum atomic E-state index is 0.532. The van der Waals surface area contributed by atoms with Crippen molar-refractivity contribution in [2.24, 2.45) is 0 Å². The maximum atomic E-state index is 2.63. The topological polar surface area (TPSA) is 3.24 Å². The van der Waals surface area contributed by atoms with E-state index in [1.807, 2.05) is 0 Å². The van der Waals surface area contributed by atoms with Crippen LogP contribution in [0.2, 0.25) is 0 Å². The van der Waals surface area contributed by atoms with Crippen molar-refractivity contribution in [3.8, 4) is 0 Å². The molecular formula is C15H21N. The normalized spacial score (nSPS) is 22.5. The highest BCUT2D eigenvalue weighted by atomic mass is 15.2. The highest BCUT2D eigenvalue weighted by Crippen LogP contribution is 2.52. The average Bonchev–Trinajstić information content (AvgIpc) is 3.00. The van der Waals surface area contributed by atoms with E-state index in [1.54, 1.807) is 11.1 Å². The number of nitrogens with zero attached hydrogens (tertiary/aromatic N) is 1. The highest BCUT2D eigenvalue weighted by molar-refractivity contribution is 5.43. The molecule has 1 fully saturated rings. The summed E-state index contributed by atoms with van der Waals surface area (Å²) in [4.78, 5) is 2.63. The highest BCUT2D eigenvalue weighted by Gasteiger charge is 2.49. The first-order valence-corrected chi connectivity index (χ1v) is 6.45. The van der Waals surface area contributed by atoms with Crippen molar-refractivity contribution in [2.75, 3.05) is 6.54 Å². The van der Waals surface area contributed by atoms with Gasteiger partial charge in [0.15, 0.2) is 0 Å². The van der Waals surface area contributed by atoms with Crippen LogP contribution in [-0.2, 0) is 12.0 Å². The second-order valence-corrected chi connectivity index (χ2v) is 5.94. The molecule has 1 aromatic carbocycles. The molecule has 0 unspecified atom stereocenters. The van der Waals surface area contributed by atoms with E-state index >= 15 is 0 Å². The average molecular weight is 215 g/mol. The third-order valence-electron chi connectivity index (χ3n) is 4.30. The molecule has 1 saturated carbocycles. The van der Waals surface area contributed by atoms with Gasteiger partial charge < -0.3 is 0 Å². The van der Waals surface area contributed by atoms with Crippen LogP contribution in [0.15, 0.2) is 18.2 Å². The van der Waals surface area contributed by atoms with Crippen LogP contribution in [0.5, 0.6) is 0 Å². The number of aryl methyl sites for hydroxylation is 1. The summed E-state index contributed by atoms with van der Waals surface area (Å²) < 4.78 is 0. The van der Waals surface area contributed by atoms with Crippen LogP contribution < -0.4 is 0 Å². The van der Waals surface area contributed by atoms with Gasteiger partial charge in [-0.25, -0.2) is 0 Å². The van der Waals surface area contributed by atoms with E-state index in [-0.39, 0.29) is 0 Å². The lowest BCUT2D eigenvalue weighted by atomic mass is 9.85. The molecule has 86 valence electrons. The molecule has 0 aromatic heterocycles. The fraction of sp³-hybridized carbons (Fsp3) is 0.600. The number of benzene rings is 1. The van der Waals surface area contributed by atoms with E-state index in [0.717, 1.165) is 6.54 Å². The van der Waals surface area contributed by atoms with Crippen LogP contribution in [0.4, 0.5) is 0 Å². The molecule has 1 heteroatoms. The van der Waals surface area contributed by atoms with Gasteiger partial charge in [-0.2, -0.15) is 0 Å². The largest absolute Gasteiger partial charge is 0.296 e. The van der Waals surface area contributed by atoms with Crippen molar-refractivity contribution in [2.45, 2.75) is 51.6 Å². The minimum absolute atomic E-state index is 0.532. The molecule has 0 atom stereocenters. The Hall–Kier alpha value is -0.820. The monoisotopic (exact) mass is 215 g/mol. The summed E-state index contributed by atoms with van der Waals surface area (Å²) in [5, 5.41) is 0. The first-order chi connectivity index (χ1) is 7.61.